The molecule has 0 bridgehead atoms. The standard InChI is InChI=1S/C18H19NO5/c1-2-21-14-5-3-4-6-15(14)22-11-18(20)19-10-13-7-8-16-17(9-13)24-12-23-16/h3-9H,2,10-12H2,1H3,(H,19,20). The molecule has 2 aromatic carbocycles. The van der Waals surface area contributed by atoms with Crippen molar-refractivity contribution in [3.8, 4) is 23.0 Å². The van der Waals surface area contributed by atoms with Gasteiger partial charge < -0.3 is 24.3 Å². The average Bonchev–Trinajstić information content (AvgIpc) is 3.07. The van der Waals surface area contributed by atoms with Gasteiger partial charge in [-0.25, -0.2) is 0 Å². The molecule has 0 aromatic heterocycles. The highest BCUT2D eigenvalue weighted by Crippen LogP contribution is 2.32. The maximum absolute atomic E-state index is 12.0. The number of amides is 1. The number of para-hydroxylation sites is 2. The Morgan fingerprint density at radius 1 is 1.08 bits per heavy atom. The zero-order valence-corrected chi connectivity index (χ0v) is 13.4. The highest BCUT2D eigenvalue weighted by Gasteiger charge is 2.13. The van der Waals surface area contributed by atoms with Crippen LogP contribution in [0.3, 0.4) is 0 Å². The summed E-state index contributed by atoms with van der Waals surface area (Å²) >= 11 is 0. The van der Waals surface area contributed by atoms with Gasteiger partial charge in [0.15, 0.2) is 29.6 Å². The molecule has 6 heteroatoms. The number of nitrogens with one attached hydrogen (secondary N) is 1. The van der Waals surface area contributed by atoms with E-state index in [0.717, 1.165) is 11.3 Å². The Hall–Kier alpha value is -2.89. The molecule has 1 aliphatic rings. The van der Waals surface area contributed by atoms with Gasteiger partial charge in [0.1, 0.15) is 0 Å². The molecule has 0 atom stereocenters. The monoisotopic (exact) mass is 329 g/mol. The van der Waals surface area contributed by atoms with E-state index in [0.29, 0.717) is 30.4 Å². The average molecular weight is 329 g/mol. The lowest BCUT2D eigenvalue weighted by atomic mass is 10.2. The van der Waals surface area contributed by atoms with Crippen molar-refractivity contribution in [3.63, 3.8) is 0 Å². The predicted octanol–water partition coefficient (Wildman–Crippen LogP) is 2.51. The van der Waals surface area contributed by atoms with Crippen LogP contribution in [0.25, 0.3) is 0 Å². The Kier molecular flexibility index (Phi) is 5.05. The van der Waals surface area contributed by atoms with Crippen molar-refractivity contribution in [3.05, 3.63) is 48.0 Å². The Balaban J connectivity index is 1.49. The third-order valence-electron chi connectivity index (χ3n) is 3.43. The minimum atomic E-state index is -0.209. The number of hydrogen-bond donors (Lipinski definition) is 1. The molecular formula is C18H19NO5. The molecule has 1 N–H and O–H groups in total. The molecule has 0 radical (unpaired) electrons. The second-order valence-corrected chi connectivity index (χ2v) is 5.13. The summed E-state index contributed by atoms with van der Waals surface area (Å²) in [5.41, 5.74) is 0.933. The van der Waals surface area contributed by atoms with Crippen LogP contribution >= 0.6 is 0 Å². The fraction of sp³-hybridized carbons (Fsp3) is 0.278. The third-order valence-corrected chi connectivity index (χ3v) is 3.43. The van der Waals surface area contributed by atoms with Crippen molar-refractivity contribution in [2.75, 3.05) is 20.0 Å². The summed E-state index contributed by atoms with van der Waals surface area (Å²) in [6.07, 6.45) is 0. The molecule has 0 spiro atoms. The van der Waals surface area contributed by atoms with Crippen molar-refractivity contribution in [1.29, 1.82) is 0 Å². The van der Waals surface area contributed by atoms with Gasteiger partial charge in [-0.2, -0.15) is 0 Å². The number of benzene rings is 2. The minimum absolute atomic E-state index is 0.0748. The molecule has 24 heavy (non-hydrogen) atoms. The van der Waals surface area contributed by atoms with Gasteiger partial charge in [0.2, 0.25) is 6.79 Å². The Labute approximate surface area is 140 Å². The van der Waals surface area contributed by atoms with E-state index < -0.39 is 0 Å². The van der Waals surface area contributed by atoms with Crippen LogP contribution in [0.2, 0.25) is 0 Å². The summed E-state index contributed by atoms with van der Waals surface area (Å²) in [5, 5.41) is 2.81. The first-order chi connectivity index (χ1) is 11.8. The van der Waals surface area contributed by atoms with Crippen LogP contribution < -0.4 is 24.3 Å². The van der Waals surface area contributed by atoms with Crippen LogP contribution in [0.4, 0.5) is 0 Å². The van der Waals surface area contributed by atoms with Gasteiger partial charge in [0.25, 0.3) is 5.91 Å². The number of rotatable bonds is 7. The van der Waals surface area contributed by atoms with Gasteiger partial charge in [0.05, 0.1) is 6.61 Å². The van der Waals surface area contributed by atoms with Crippen LogP contribution in [0.15, 0.2) is 42.5 Å². The van der Waals surface area contributed by atoms with Crippen molar-refractivity contribution >= 4 is 5.91 Å². The fourth-order valence-electron chi connectivity index (χ4n) is 2.29. The highest BCUT2D eigenvalue weighted by atomic mass is 16.7. The molecule has 1 amide bonds. The first-order valence-electron chi connectivity index (χ1n) is 7.76. The Morgan fingerprint density at radius 3 is 2.62 bits per heavy atom. The first kappa shape index (κ1) is 16.0. The molecule has 0 saturated carbocycles. The zero-order valence-electron chi connectivity index (χ0n) is 13.4. The number of carbonyl (C=O) groups excluding carboxylic acids is 1. The van der Waals surface area contributed by atoms with Gasteiger partial charge in [-0.05, 0) is 36.8 Å². The van der Waals surface area contributed by atoms with Crippen LogP contribution in [0.5, 0.6) is 23.0 Å². The summed E-state index contributed by atoms with van der Waals surface area (Å²) in [4.78, 5) is 12.0. The topological polar surface area (TPSA) is 66.0 Å². The van der Waals surface area contributed by atoms with Crippen LogP contribution in [-0.4, -0.2) is 25.9 Å². The largest absolute Gasteiger partial charge is 0.490 e. The third kappa shape index (κ3) is 3.90. The summed E-state index contributed by atoms with van der Waals surface area (Å²) in [6.45, 7) is 2.99. The lowest BCUT2D eigenvalue weighted by Crippen LogP contribution is -2.28. The minimum Gasteiger partial charge on any atom is -0.490 e. The van der Waals surface area contributed by atoms with E-state index in [-0.39, 0.29) is 19.3 Å². The van der Waals surface area contributed by atoms with E-state index in [9.17, 15) is 4.79 Å². The second kappa shape index (κ2) is 7.59. The fourth-order valence-corrected chi connectivity index (χ4v) is 2.29. The SMILES string of the molecule is CCOc1ccccc1OCC(=O)NCc1ccc2c(c1)OCO2. The molecule has 0 saturated heterocycles. The molecule has 2 aromatic rings. The van der Waals surface area contributed by atoms with Crippen molar-refractivity contribution in [1.82, 2.24) is 5.32 Å². The smallest absolute Gasteiger partial charge is 0.258 e. The van der Waals surface area contributed by atoms with Crippen LogP contribution in [-0.2, 0) is 11.3 Å². The maximum Gasteiger partial charge on any atom is 0.258 e. The quantitative estimate of drug-likeness (QED) is 0.845. The normalized spacial score (nSPS) is 11.9. The van der Waals surface area contributed by atoms with Gasteiger partial charge in [-0.3, -0.25) is 4.79 Å². The second-order valence-electron chi connectivity index (χ2n) is 5.13. The van der Waals surface area contributed by atoms with E-state index in [2.05, 4.69) is 5.32 Å². The summed E-state index contributed by atoms with van der Waals surface area (Å²) in [5.74, 6) is 2.39. The molecular weight excluding hydrogens is 310 g/mol. The zero-order chi connectivity index (χ0) is 16.8. The van der Waals surface area contributed by atoms with E-state index in [1.54, 1.807) is 6.07 Å². The van der Waals surface area contributed by atoms with Gasteiger partial charge in [-0.15, -0.1) is 0 Å². The van der Waals surface area contributed by atoms with E-state index >= 15 is 0 Å². The molecule has 0 aliphatic carbocycles. The molecule has 6 nitrogen and oxygen atoms in total. The van der Waals surface area contributed by atoms with Crippen molar-refractivity contribution in [2.24, 2.45) is 0 Å². The summed E-state index contributed by atoms with van der Waals surface area (Å²) < 4.78 is 21.6. The molecule has 3 rings (SSSR count). The van der Waals surface area contributed by atoms with Crippen LogP contribution in [0.1, 0.15) is 12.5 Å². The molecule has 0 unspecified atom stereocenters. The summed E-state index contributed by atoms with van der Waals surface area (Å²) in [6, 6.07) is 12.9. The Bertz CT molecular complexity index is 716. The molecule has 1 aliphatic heterocycles. The van der Waals surface area contributed by atoms with Gasteiger partial charge >= 0.3 is 0 Å². The van der Waals surface area contributed by atoms with Crippen molar-refractivity contribution < 1.29 is 23.7 Å². The van der Waals surface area contributed by atoms with E-state index in [4.69, 9.17) is 18.9 Å². The first-order valence-corrected chi connectivity index (χ1v) is 7.76. The Morgan fingerprint density at radius 2 is 1.83 bits per heavy atom. The number of ether oxygens (including phenoxy) is 4. The predicted molar refractivity (Wildman–Crippen MR) is 87.5 cm³/mol. The maximum atomic E-state index is 12.0. The molecule has 0 fully saturated rings. The van der Waals surface area contributed by atoms with Crippen molar-refractivity contribution in [2.45, 2.75) is 13.5 Å². The van der Waals surface area contributed by atoms with Crippen LogP contribution in [0, 0.1) is 0 Å². The summed E-state index contributed by atoms with van der Waals surface area (Å²) in [7, 11) is 0. The lowest BCUT2D eigenvalue weighted by Gasteiger charge is -2.11. The number of hydrogen-bond acceptors (Lipinski definition) is 5. The molecule has 126 valence electrons. The lowest BCUT2D eigenvalue weighted by molar-refractivity contribution is -0.123. The van der Waals surface area contributed by atoms with E-state index in [1.165, 1.54) is 0 Å². The number of fused-ring (bicyclic) bond motifs is 1. The molecule has 1 heterocycles. The van der Waals surface area contributed by atoms with Gasteiger partial charge in [0, 0.05) is 6.54 Å². The van der Waals surface area contributed by atoms with E-state index in [1.807, 2.05) is 43.3 Å². The van der Waals surface area contributed by atoms with Gasteiger partial charge in [-0.1, -0.05) is 18.2 Å². The highest BCUT2D eigenvalue weighted by molar-refractivity contribution is 5.77. The number of carbonyl (C=O) groups is 1.